The first kappa shape index (κ1) is 18.4. The van der Waals surface area contributed by atoms with Crippen molar-refractivity contribution in [1.82, 2.24) is 14.7 Å². The van der Waals surface area contributed by atoms with Crippen molar-refractivity contribution in [2.75, 3.05) is 0 Å². The molecule has 7 heteroatoms. The molecule has 146 valence electrons. The van der Waals surface area contributed by atoms with Crippen LogP contribution < -0.4 is 0 Å². The van der Waals surface area contributed by atoms with Crippen LogP contribution in [0.25, 0.3) is 5.57 Å². The van der Waals surface area contributed by atoms with Crippen molar-refractivity contribution in [3.63, 3.8) is 0 Å². The summed E-state index contributed by atoms with van der Waals surface area (Å²) >= 11 is 0. The number of carbonyl (C=O) groups is 2. The zero-order valence-corrected chi connectivity index (χ0v) is 15.9. The molecule has 1 fully saturated rings. The lowest BCUT2D eigenvalue weighted by Crippen LogP contribution is -2.61. The molecule has 3 atom stereocenters. The molecular weight excluding hydrogens is 358 g/mol. The molecule has 0 bridgehead atoms. The summed E-state index contributed by atoms with van der Waals surface area (Å²) in [7, 11) is 0. The van der Waals surface area contributed by atoms with Gasteiger partial charge in [0.05, 0.1) is 23.8 Å². The maximum Gasteiger partial charge on any atom is 0.352 e. The first-order chi connectivity index (χ1) is 13.4. The summed E-state index contributed by atoms with van der Waals surface area (Å²) in [5.41, 5.74) is 3.31. The molecule has 1 aromatic carbocycles. The van der Waals surface area contributed by atoms with Crippen LogP contribution in [-0.2, 0) is 22.6 Å². The lowest BCUT2D eigenvalue weighted by molar-refractivity contribution is -0.161. The smallest absolute Gasteiger partial charge is 0.352 e. The van der Waals surface area contributed by atoms with Gasteiger partial charge in [-0.2, -0.15) is 5.10 Å². The van der Waals surface area contributed by atoms with E-state index in [4.69, 9.17) is 0 Å². The summed E-state index contributed by atoms with van der Waals surface area (Å²) in [6, 6.07) is 11.7. The Morgan fingerprint density at radius 3 is 2.68 bits per heavy atom. The van der Waals surface area contributed by atoms with Crippen molar-refractivity contribution in [3.8, 4) is 0 Å². The third-order valence-corrected chi connectivity index (χ3v) is 5.68. The molecule has 0 saturated carbocycles. The first-order valence-corrected chi connectivity index (χ1v) is 9.44. The molecule has 1 amide bonds. The number of benzene rings is 1. The lowest BCUT2D eigenvalue weighted by atomic mass is 9.83. The summed E-state index contributed by atoms with van der Waals surface area (Å²) < 4.78 is 1.87. The molecule has 7 nitrogen and oxygen atoms in total. The Labute approximate surface area is 162 Å². The molecule has 2 aliphatic rings. The molecule has 4 rings (SSSR count). The Kier molecular flexibility index (Phi) is 4.55. The number of carboxylic acid groups (broad SMARTS) is 1. The quantitative estimate of drug-likeness (QED) is 0.745. The van der Waals surface area contributed by atoms with Crippen LogP contribution in [0.15, 0.2) is 42.1 Å². The van der Waals surface area contributed by atoms with Crippen molar-refractivity contribution in [1.29, 1.82) is 0 Å². The second-order valence-electron chi connectivity index (χ2n) is 7.51. The number of hydrogen-bond donors (Lipinski definition) is 2. The van der Waals surface area contributed by atoms with E-state index in [0.29, 0.717) is 24.2 Å². The van der Waals surface area contributed by atoms with Crippen LogP contribution in [0.3, 0.4) is 0 Å². The van der Waals surface area contributed by atoms with E-state index in [2.05, 4.69) is 17.2 Å². The minimum atomic E-state index is -1.13. The molecule has 1 saturated heterocycles. The zero-order chi connectivity index (χ0) is 20.0. The molecule has 3 heterocycles. The van der Waals surface area contributed by atoms with E-state index < -0.39 is 18.0 Å². The normalized spacial score (nSPS) is 22.2. The maximum absolute atomic E-state index is 12.4. The Morgan fingerprint density at radius 2 is 2.04 bits per heavy atom. The van der Waals surface area contributed by atoms with E-state index >= 15 is 0 Å². The van der Waals surface area contributed by atoms with E-state index in [9.17, 15) is 19.8 Å². The molecule has 28 heavy (non-hydrogen) atoms. The molecule has 0 spiro atoms. The van der Waals surface area contributed by atoms with Crippen molar-refractivity contribution in [2.45, 2.75) is 45.4 Å². The second kappa shape index (κ2) is 6.91. The number of rotatable bonds is 6. The van der Waals surface area contributed by atoms with Gasteiger partial charge in [-0.05, 0) is 38.3 Å². The number of amides is 1. The summed E-state index contributed by atoms with van der Waals surface area (Å²) in [6.45, 7) is 4.20. The van der Waals surface area contributed by atoms with Crippen molar-refractivity contribution >= 4 is 17.4 Å². The summed E-state index contributed by atoms with van der Waals surface area (Å²) in [6.07, 6.45) is 0.427. The number of hydrogen-bond acceptors (Lipinski definition) is 4. The van der Waals surface area contributed by atoms with Crippen LogP contribution in [0.5, 0.6) is 0 Å². The van der Waals surface area contributed by atoms with Gasteiger partial charge in [0, 0.05) is 17.8 Å². The number of carbonyl (C=O) groups excluding carboxylic acids is 1. The van der Waals surface area contributed by atoms with E-state index in [1.165, 1.54) is 10.5 Å². The monoisotopic (exact) mass is 381 g/mol. The molecular formula is C21H23N3O4. The van der Waals surface area contributed by atoms with E-state index in [0.717, 1.165) is 12.1 Å². The van der Waals surface area contributed by atoms with Gasteiger partial charge in [-0.15, -0.1) is 0 Å². The molecule has 2 aliphatic heterocycles. The topological polar surface area (TPSA) is 95.7 Å². The number of fused-ring (bicyclic) bond motifs is 1. The molecule has 0 unspecified atom stereocenters. The highest BCUT2D eigenvalue weighted by atomic mass is 16.4. The summed E-state index contributed by atoms with van der Waals surface area (Å²) in [4.78, 5) is 25.5. The Morgan fingerprint density at radius 1 is 1.32 bits per heavy atom. The average Bonchev–Trinajstić information content (AvgIpc) is 3.18. The predicted octanol–water partition coefficient (Wildman–Crippen LogP) is 1.84. The number of nitrogens with zero attached hydrogens (tertiary/aromatic N) is 3. The molecule has 2 aromatic rings. The zero-order valence-electron chi connectivity index (χ0n) is 15.9. The van der Waals surface area contributed by atoms with E-state index in [1.54, 1.807) is 6.92 Å². The number of aliphatic hydroxyl groups excluding tert-OH is 1. The van der Waals surface area contributed by atoms with Crippen LogP contribution in [0, 0.1) is 12.8 Å². The Bertz CT molecular complexity index is 961. The van der Waals surface area contributed by atoms with Gasteiger partial charge in [0.2, 0.25) is 5.91 Å². The highest BCUT2D eigenvalue weighted by Crippen LogP contribution is 2.46. The third-order valence-electron chi connectivity index (χ3n) is 5.68. The number of β-lactam (4-membered cyclic amide) rings is 1. The van der Waals surface area contributed by atoms with E-state index in [1.807, 2.05) is 35.9 Å². The third kappa shape index (κ3) is 2.92. The predicted molar refractivity (Wildman–Crippen MR) is 102 cm³/mol. The number of aryl methyl sites for hydroxylation is 3. The van der Waals surface area contributed by atoms with Crippen LogP contribution in [0.2, 0.25) is 0 Å². The van der Waals surface area contributed by atoms with Crippen LogP contribution in [-0.4, -0.2) is 48.9 Å². The highest BCUT2D eigenvalue weighted by Gasteiger charge is 2.57. The second-order valence-corrected chi connectivity index (χ2v) is 7.51. The van der Waals surface area contributed by atoms with Gasteiger partial charge in [0.1, 0.15) is 5.70 Å². The minimum Gasteiger partial charge on any atom is -0.477 e. The fourth-order valence-corrected chi connectivity index (χ4v) is 4.26. The molecule has 1 aromatic heterocycles. The highest BCUT2D eigenvalue weighted by molar-refractivity contribution is 6.05. The van der Waals surface area contributed by atoms with Crippen LogP contribution in [0.4, 0.5) is 0 Å². The van der Waals surface area contributed by atoms with E-state index in [-0.39, 0.29) is 17.6 Å². The van der Waals surface area contributed by atoms with Gasteiger partial charge in [0.15, 0.2) is 0 Å². The minimum absolute atomic E-state index is 0.000362. The Balaban J connectivity index is 1.60. The Hall–Kier alpha value is -2.93. The van der Waals surface area contributed by atoms with Gasteiger partial charge in [0.25, 0.3) is 0 Å². The summed E-state index contributed by atoms with van der Waals surface area (Å²) in [5.74, 6) is -2.01. The van der Waals surface area contributed by atoms with Crippen molar-refractivity contribution in [3.05, 3.63) is 59.0 Å². The fraction of sp³-hybridized carbons (Fsp3) is 0.381. The molecule has 0 radical (unpaired) electrons. The van der Waals surface area contributed by atoms with Crippen LogP contribution in [0.1, 0.15) is 30.3 Å². The van der Waals surface area contributed by atoms with Gasteiger partial charge in [-0.1, -0.05) is 30.3 Å². The maximum atomic E-state index is 12.4. The number of aliphatic hydroxyl groups is 1. The summed E-state index contributed by atoms with van der Waals surface area (Å²) in [5, 5.41) is 24.2. The SMILES string of the molecule is Cc1cc(C2=C(C(=O)O)N3C(=O)[C@H]([C@@H](C)O)[C@H]3C2)nn1CCc1ccccc1. The van der Waals surface area contributed by atoms with Crippen molar-refractivity contribution < 1.29 is 19.8 Å². The van der Waals surface area contributed by atoms with Gasteiger partial charge >= 0.3 is 5.97 Å². The van der Waals surface area contributed by atoms with Gasteiger partial charge in [-0.25, -0.2) is 4.79 Å². The molecule has 2 N–H and O–H groups in total. The lowest BCUT2D eigenvalue weighted by Gasteiger charge is -2.44. The van der Waals surface area contributed by atoms with Gasteiger partial charge < -0.3 is 15.1 Å². The number of aromatic nitrogens is 2. The fourth-order valence-electron chi connectivity index (χ4n) is 4.26. The van der Waals surface area contributed by atoms with Crippen molar-refractivity contribution in [2.24, 2.45) is 5.92 Å². The number of aliphatic carboxylic acids is 1. The average molecular weight is 381 g/mol. The largest absolute Gasteiger partial charge is 0.477 e. The van der Waals surface area contributed by atoms with Crippen LogP contribution >= 0.6 is 0 Å². The molecule has 0 aliphatic carbocycles. The standard InChI is InChI=1S/C21H23N3O4/c1-12-10-16(22-23(12)9-8-14-6-4-3-5-7-14)15-11-17-18(13(2)25)20(26)24(17)19(15)21(27)28/h3-7,10,13,17-18,25H,8-9,11H2,1-2H3,(H,27,28)/t13-,17-,18-/m1/s1. The first-order valence-electron chi connectivity index (χ1n) is 9.44. The van der Waals surface area contributed by atoms with Gasteiger partial charge in [-0.3, -0.25) is 9.48 Å². The number of carboxylic acids is 1.